The number of aryl methyl sites for hydroxylation is 1. The number of anilines is 1. The SMILES string of the molecule is Cc1cc(NC(C)CCS(C)(=O)=O)c2cc(F)ccc2n1. The molecule has 1 N–H and O–H groups in total. The second kappa shape index (κ2) is 5.97. The number of hydrogen-bond donors (Lipinski definition) is 1. The normalized spacial score (nSPS) is 13.3. The van der Waals surface area contributed by atoms with E-state index >= 15 is 0 Å². The third-order valence-corrected chi connectivity index (χ3v) is 4.20. The number of nitrogens with one attached hydrogen (secondary N) is 1. The lowest BCUT2D eigenvalue weighted by atomic mass is 10.1. The number of hydrogen-bond acceptors (Lipinski definition) is 4. The lowest BCUT2D eigenvalue weighted by Crippen LogP contribution is -2.19. The van der Waals surface area contributed by atoms with Crippen LogP contribution in [-0.2, 0) is 9.84 Å². The van der Waals surface area contributed by atoms with Gasteiger partial charge in [-0.05, 0) is 44.5 Å². The summed E-state index contributed by atoms with van der Waals surface area (Å²) >= 11 is 0. The van der Waals surface area contributed by atoms with Crippen molar-refractivity contribution in [1.82, 2.24) is 4.98 Å². The molecule has 0 radical (unpaired) electrons. The molecular formula is C15H19FN2O2S. The summed E-state index contributed by atoms with van der Waals surface area (Å²) in [5, 5.41) is 3.96. The molecule has 0 aliphatic heterocycles. The summed E-state index contributed by atoms with van der Waals surface area (Å²) in [5.41, 5.74) is 2.32. The summed E-state index contributed by atoms with van der Waals surface area (Å²) in [6.45, 7) is 3.78. The Kier molecular flexibility index (Phi) is 4.46. The van der Waals surface area contributed by atoms with Gasteiger partial charge in [0.2, 0.25) is 0 Å². The third-order valence-electron chi connectivity index (χ3n) is 3.22. The molecule has 0 saturated heterocycles. The van der Waals surface area contributed by atoms with Crippen LogP contribution in [0.2, 0.25) is 0 Å². The molecule has 1 heterocycles. The van der Waals surface area contributed by atoms with E-state index in [0.717, 1.165) is 11.4 Å². The molecule has 1 atom stereocenters. The molecule has 1 aromatic heterocycles. The lowest BCUT2D eigenvalue weighted by Gasteiger charge is -2.17. The van der Waals surface area contributed by atoms with Gasteiger partial charge in [-0.1, -0.05) is 0 Å². The Morgan fingerprint density at radius 1 is 1.33 bits per heavy atom. The van der Waals surface area contributed by atoms with Crippen LogP contribution in [-0.4, -0.2) is 31.5 Å². The van der Waals surface area contributed by atoms with Gasteiger partial charge in [-0.15, -0.1) is 0 Å². The fourth-order valence-corrected chi connectivity index (χ4v) is 2.96. The fourth-order valence-electron chi connectivity index (χ4n) is 2.18. The summed E-state index contributed by atoms with van der Waals surface area (Å²) in [5.74, 6) is -0.197. The van der Waals surface area contributed by atoms with Gasteiger partial charge >= 0.3 is 0 Å². The molecule has 4 nitrogen and oxygen atoms in total. The van der Waals surface area contributed by atoms with Crippen molar-refractivity contribution >= 4 is 26.4 Å². The highest BCUT2D eigenvalue weighted by atomic mass is 32.2. The van der Waals surface area contributed by atoms with E-state index in [9.17, 15) is 12.8 Å². The van der Waals surface area contributed by atoms with Crippen molar-refractivity contribution < 1.29 is 12.8 Å². The number of rotatable bonds is 5. The third kappa shape index (κ3) is 4.39. The minimum Gasteiger partial charge on any atom is -0.382 e. The van der Waals surface area contributed by atoms with Gasteiger partial charge in [0.1, 0.15) is 15.7 Å². The molecule has 0 fully saturated rings. The maximum atomic E-state index is 13.4. The van der Waals surface area contributed by atoms with Gasteiger partial charge in [-0.25, -0.2) is 12.8 Å². The van der Waals surface area contributed by atoms with Crippen molar-refractivity contribution in [2.24, 2.45) is 0 Å². The van der Waals surface area contributed by atoms with Gasteiger partial charge in [0, 0.05) is 29.1 Å². The standard InChI is InChI=1S/C15H19FN2O2S/c1-10(6-7-21(3,19)20)17-15-8-11(2)18-14-5-4-12(16)9-13(14)15/h4-5,8-10H,6-7H2,1-3H3,(H,17,18). The summed E-state index contributed by atoms with van der Waals surface area (Å²) in [7, 11) is -2.98. The van der Waals surface area contributed by atoms with Gasteiger partial charge in [-0.2, -0.15) is 0 Å². The Hall–Kier alpha value is -1.69. The predicted octanol–water partition coefficient (Wildman–Crippen LogP) is 2.92. The number of nitrogens with zero attached hydrogens (tertiary/aromatic N) is 1. The van der Waals surface area contributed by atoms with Gasteiger partial charge in [-0.3, -0.25) is 4.98 Å². The van der Waals surface area contributed by atoms with Crippen LogP contribution in [0.15, 0.2) is 24.3 Å². The highest BCUT2D eigenvalue weighted by Gasteiger charge is 2.11. The van der Waals surface area contributed by atoms with Gasteiger partial charge in [0.15, 0.2) is 0 Å². The van der Waals surface area contributed by atoms with Gasteiger partial charge < -0.3 is 5.32 Å². The van der Waals surface area contributed by atoms with E-state index in [1.165, 1.54) is 18.4 Å². The number of sulfone groups is 1. The molecule has 114 valence electrons. The van der Waals surface area contributed by atoms with E-state index < -0.39 is 9.84 Å². The van der Waals surface area contributed by atoms with E-state index in [0.29, 0.717) is 17.3 Å². The van der Waals surface area contributed by atoms with E-state index in [1.54, 1.807) is 6.07 Å². The maximum absolute atomic E-state index is 13.4. The van der Waals surface area contributed by atoms with Crippen molar-refractivity contribution in [3.63, 3.8) is 0 Å². The topological polar surface area (TPSA) is 59.1 Å². The second-order valence-corrected chi connectivity index (χ2v) is 7.70. The molecule has 2 rings (SSSR count). The summed E-state index contributed by atoms with van der Waals surface area (Å²) in [6, 6.07) is 6.27. The first-order valence-corrected chi connectivity index (χ1v) is 8.82. The van der Waals surface area contributed by atoms with Gasteiger partial charge in [0.05, 0.1) is 11.3 Å². The second-order valence-electron chi connectivity index (χ2n) is 5.44. The smallest absolute Gasteiger partial charge is 0.147 e. The first kappa shape index (κ1) is 15.7. The van der Waals surface area contributed by atoms with Crippen LogP contribution in [0.25, 0.3) is 10.9 Å². The zero-order valence-electron chi connectivity index (χ0n) is 12.4. The number of aromatic nitrogens is 1. The van der Waals surface area contributed by atoms with Crippen LogP contribution in [0.5, 0.6) is 0 Å². The zero-order valence-corrected chi connectivity index (χ0v) is 13.2. The molecule has 21 heavy (non-hydrogen) atoms. The molecule has 0 aliphatic rings. The minimum absolute atomic E-state index is 0.0343. The molecule has 1 unspecified atom stereocenters. The Bertz CT molecular complexity index is 760. The van der Waals surface area contributed by atoms with Crippen LogP contribution >= 0.6 is 0 Å². The van der Waals surface area contributed by atoms with Crippen molar-refractivity contribution in [3.8, 4) is 0 Å². The largest absolute Gasteiger partial charge is 0.382 e. The first-order valence-electron chi connectivity index (χ1n) is 6.76. The van der Waals surface area contributed by atoms with E-state index in [1.807, 2.05) is 19.9 Å². The number of halogens is 1. The monoisotopic (exact) mass is 310 g/mol. The highest BCUT2D eigenvalue weighted by molar-refractivity contribution is 7.90. The van der Waals surface area contributed by atoms with Crippen LogP contribution in [0, 0.1) is 12.7 Å². The summed E-state index contributed by atoms with van der Waals surface area (Å²) < 4.78 is 35.8. The Morgan fingerprint density at radius 3 is 2.71 bits per heavy atom. The highest BCUT2D eigenvalue weighted by Crippen LogP contribution is 2.25. The van der Waals surface area contributed by atoms with Crippen molar-refractivity contribution in [2.45, 2.75) is 26.3 Å². The lowest BCUT2D eigenvalue weighted by molar-refractivity contribution is 0.596. The average Bonchev–Trinajstić information content (AvgIpc) is 2.36. The van der Waals surface area contributed by atoms with Crippen molar-refractivity contribution in [1.29, 1.82) is 0 Å². The molecule has 0 saturated carbocycles. The molecule has 0 aliphatic carbocycles. The molecule has 2 aromatic rings. The maximum Gasteiger partial charge on any atom is 0.147 e. The summed E-state index contributed by atoms with van der Waals surface area (Å²) in [6.07, 6.45) is 1.72. The van der Waals surface area contributed by atoms with E-state index in [2.05, 4.69) is 10.3 Å². The van der Waals surface area contributed by atoms with Crippen LogP contribution in [0.4, 0.5) is 10.1 Å². The molecule has 0 spiro atoms. The number of benzene rings is 1. The average molecular weight is 310 g/mol. The van der Waals surface area contributed by atoms with E-state index in [-0.39, 0.29) is 17.6 Å². The quantitative estimate of drug-likeness (QED) is 0.922. The molecule has 0 amide bonds. The first-order chi connectivity index (χ1) is 9.74. The van der Waals surface area contributed by atoms with Crippen LogP contribution in [0.1, 0.15) is 19.0 Å². The Balaban J connectivity index is 2.26. The van der Waals surface area contributed by atoms with Gasteiger partial charge in [0.25, 0.3) is 0 Å². The van der Waals surface area contributed by atoms with Crippen molar-refractivity contribution in [2.75, 3.05) is 17.3 Å². The Labute approximate surface area is 124 Å². The van der Waals surface area contributed by atoms with Crippen LogP contribution < -0.4 is 5.32 Å². The molecule has 0 bridgehead atoms. The van der Waals surface area contributed by atoms with Crippen molar-refractivity contribution in [3.05, 3.63) is 35.8 Å². The zero-order chi connectivity index (χ0) is 15.6. The van der Waals surface area contributed by atoms with E-state index in [4.69, 9.17) is 0 Å². The predicted molar refractivity (Wildman–Crippen MR) is 83.9 cm³/mol. The molecule has 6 heteroatoms. The fraction of sp³-hybridized carbons (Fsp3) is 0.400. The minimum atomic E-state index is -2.98. The van der Waals surface area contributed by atoms with Crippen LogP contribution in [0.3, 0.4) is 0 Å². The molecule has 1 aromatic carbocycles. The Morgan fingerprint density at radius 2 is 2.05 bits per heavy atom. The summed E-state index contributed by atoms with van der Waals surface area (Å²) in [4.78, 5) is 4.37. The molecular weight excluding hydrogens is 291 g/mol. The number of pyridine rings is 1. The number of fused-ring (bicyclic) bond motifs is 1.